The second kappa shape index (κ2) is 3.29. The maximum atomic E-state index is 12.1. The molecule has 0 spiro atoms. The van der Waals surface area contributed by atoms with Crippen LogP contribution < -0.4 is 0 Å². The second-order valence-corrected chi connectivity index (χ2v) is 5.60. The van der Waals surface area contributed by atoms with Crippen molar-refractivity contribution in [1.29, 1.82) is 0 Å². The third kappa shape index (κ3) is 1.50. The van der Waals surface area contributed by atoms with Crippen molar-refractivity contribution in [3.8, 4) is 0 Å². The molecule has 16 heavy (non-hydrogen) atoms. The molecule has 5 nitrogen and oxygen atoms in total. The van der Waals surface area contributed by atoms with Gasteiger partial charge in [0.25, 0.3) is 10.0 Å². The smallest absolute Gasteiger partial charge is 0.267 e. The van der Waals surface area contributed by atoms with Gasteiger partial charge in [-0.25, -0.2) is 13.4 Å². The monoisotopic (exact) mass is 238 g/mol. The van der Waals surface area contributed by atoms with E-state index in [-0.39, 0.29) is 11.0 Å². The third-order valence-corrected chi connectivity index (χ3v) is 4.33. The summed E-state index contributed by atoms with van der Waals surface area (Å²) in [7, 11) is -3.43. The first-order chi connectivity index (χ1) is 7.68. The van der Waals surface area contributed by atoms with E-state index < -0.39 is 10.0 Å². The van der Waals surface area contributed by atoms with Gasteiger partial charge in [0.05, 0.1) is 24.9 Å². The number of rotatable bonds is 2. The molecular weight excluding hydrogens is 228 g/mol. The van der Waals surface area contributed by atoms with Gasteiger partial charge in [-0.1, -0.05) is 12.1 Å². The molecule has 0 aromatic heterocycles. The van der Waals surface area contributed by atoms with Crippen molar-refractivity contribution < 1.29 is 13.2 Å². The van der Waals surface area contributed by atoms with Gasteiger partial charge in [-0.15, -0.1) is 0 Å². The van der Waals surface area contributed by atoms with E-state index in [9.17, 15) is 8.42 Å². The van der Waals surface area contributed by atoms with Gasteiger partial charge in [0.1, 0.15) is 11.2 Å². The van der Waals surface area contributed by atoms with Gasteiger partial charge in [-0.2, -0.15) is 0 Å². The van der Waals surface area contributed by atoms with Crippen molar-refractivity contribution in [1.82, 2.24) is 4.31 Å². The SMILES string of the molecule is O=S1(=O)c2ccccc2N=CN1CC1CO1. The van der Waals surface area contributed by atoms with Crippen molar-refractivity contribution in [3.63, 3.8) is 0 Å². The van der Waals surface area contributed by atoms with Crippen LogP contribution in [0.25, 0.3) is 0 Å². The molecular formula is C10H10N2O3S. The molecule has 1 aromatic rings. The van der Waals surface area contributed by atoms with Crippen molar-refractivity contribution in [2.45, 2.75) is 11.0 Å². The number of aliphatic imine (C=N–C) groups is 1. The molecule has 0 aliphatic carbocycles. The van der Waals surface area contributed by atoms with E-state index in [1.54, 1.807) is 24.3 Å². The molecule has 1 unspecified atom stereocenters. The van der Waals surface area contributed by atoms with E-state index in [0.29, 0.717) is 18.8 Å². The Labute approximate surface area is 93.4 Å². The summed E-state index contributed by atoms with van der Waals surface area (Å²) >= 11 is 0. The first kappa shape index (κ1) is 9.80. The third-order valence-electron chi connectivity index (χ3n) is 2.56. The van der Waals surface area contributed by atoms with Gasteiger partial charge in [0.15, 0.2) is 0 Å². The van der Waals surface area contributed by atoms with Gasteiger partial charge in [0, 0.05) is 0 Å². The molecule has 2 aliphatic rings. The van der Waals surface area contributed by atoms with E-state index >= 15 is 0 Å². The quantitative estimate of drug-likeness (QED) is 0.714. The minimum absolute atomic E-state index is 0.0199. The van der Waals surface area contributed by atoms with Crippen LogP contribution in [-0.4, -0.2) is 38.3 Å². The molecule has 0 saturated carbocycles. The van der Waals surface area contributed by atoms with Crippen LogP contribution in [0.15, 0.2) is 34.2 Å². The number of hydrogen-bond acceptors (Lipinski definition) is 4. The lowest BCUT2D eigenvalue weighted by Gasteiger charge is -2.23. The Morgan fingerprint density at radius 2 is 2.19 bits per heavy atom. The molecule has 2 heterocycles. The normalized spacial score (nSPS) is 25.2. The van der Waals surface area contributed by atoms with Crippen LogP contribution in [0, 0.1) is 0 Å². The summed E-state index contributed by atoms with van der Waals surface area (Å²) in [5.74, 6) is 0. The van der Waals surface area contributed by atoms with Gasteiger partial charge in [-0.05, 0) is 12.1 Å². The minimum Gasteiger partial charge on any atom is -0.371 e. The fourth-order valence-corrected chi connectivity index (χ4v) is 3.04. The molecule has 1 fully saturated rings. The number of para-hydroxylation sites is 1. The number of hydrogen-bond donors (Lipinski definition) is 0. The minimum atomic E-state index is -3.43. The Bertz CT molecular complexity index is 549. The fraction of sp³-hybridized carbons (Fsp3) is 0.300. The molecule has 0 radical (unpaired) electrons. The average molecular weight is 238 g/mol. The van der Waals surface area contributed by atoms with Crippen LogP contribution in [0.4, 0.5) is 5.69 Å². The maximum Gasteiger partial charge on any atom is 0.267 e. The molecule has 84 valence electrons. The first-order valence-electron chi connectivity index (χ1n) is 4.94. The molecule has 2 aliphatic heterocycles. The van der Waals surface area contributed by atoms with E-state index in [4.69, 9.17) is 4.74 Å². The molecule has 3 rings (SSSR count). The summed E-state index contributed by atoms with van der Waals surface area (Å²) in [6.07, 6.45) is 1.38. The summed E-state index contributed by atoms with van der Waals surface area (Å²) in [6, 6.07) is 6.73. The summed E-state index contributed by atoms with van der Waals surface area (Å²) in [5, 5.41) is 0. The molecule has 1 saturated heterocycles. The molecule has 0 amide bonds. The number of fused-ring (bicyclic) bond motifs is 1. The largest absolute Gasteiger partial charge is 0.371 e. The van der Waals surface area contributed by atoms with Crippen molar-refractivity contribution >= 4 is 22.0 Å². The number of sulfonamides is 1. The van der Waals surface area contributed by atoms with E-state index in [2.05, 4.69) is 4.99 Å². The zero-order chi connectivity index (χ0) is 11.2. The lowest BCUT2D eigenvalue weighted by Crippen LogP contribution is -2.34. The van der Waals surface area contributed by atoms with E-state index in [0.717, 1.165) is 0 Å². The van der Waals surface area contributed by atoms with Crippen LogP contribution >= 0.6 is 0 Å². The number of benzene rings is 1. The summed E-state index contributed by atoms with van der Waals surface area (Å²) in [6.45, 7) is 0.974. The van der Waals surface area contributed by atoms with Crippen molar-refractivity contribution in [3.05, 3.63) is 24.3 Å². The Morgan fingerprint density at radius 3 is 2.94 bits per heavy atom. The molecule has 0 bridgehead atoms. The Morgan fingerprint density at radius 1 is 1.44 bits per heavy atom. The van der Waals surface area contributed by atoms with Gasteiger partial charge in [-0.3, -0.25) is 4.31 Å². The molecule has 6 heteroatoms. The predicted molar refractivity (Wildman–Crippen MR) is 58.2 cm³/mol. The van der Waals surface area contributed by atoms with Crippen molar-refractivity contribution in [2.75, 3.05) is 13.2 Å². The molecule has 1 atom stereocenters. The van der Waals surface area contributed by atoms with Gasteiger partial charge < -0.3 is 4.74 Å². The van der Waals surface area contributed by atoms with Crippen LogP contribution in [0.5, 0.6) is 0 Å². The summed E-state index contributed by atoms with van der Waals surface area (Å²) in [5.41, 5.74) is 0.496. The lowest BCUT2D eigenvalue weighted by molar-refractivity contribution is 0.381. The average Bonchev–Trinajstić information content (AvgIpc) is 3.07. The maximum absolute atomic E-state index is 12.1. The van der Waals surface area contributed by atoms with E-state index in [1.165, 1.54) is 10.6 Å². The van der Waals surface area contributed by atoms with Crippen LogP contribution in [0.2, 0.25) is 0 Å². The van der Waals surface area contributed by atoms with Crippen LogP contribution in [-0.2, 0) is 14.8 Å². The van der Waals surface area contributed by atoms with Gasteiger partial charge in [0.2, 0.25) is 0 Å². The zero-order valence-corrected chi connectivity index (χ0v) is 9.22. The highest BCUT2D eigenvalue weighted by molar-refractivity contribution is 7.89. The van der Waals surface area contributed by atoms with Gasteiger partial charge >= 0.3 is 0 Å². The molecule has 1 aromatic carbocycles. The highest BCUT2D eigenvalue weighted by Gasteiger charge is 2.34. The Kier molecular flexibility index (Phi) is 2.02. The molecule has 0 N–H and O–H groups in total. The predicted octanol–water partition coefficient (Wildman–Crippen LogP) is 0.750. The first-order valence-corrected chi connectivity index (χ1v) is 6.38. The summed E-state index contributed by atoms with van der Waals surface area (Å²) in [4.78, 5) is 4.38. The Hall–Kier alpha value is -1.40. The number of nitrogens with zero attached hydrogens (tertiary/aromatic N) is 2. The highest BCUT2D eigenvalue weighted by Crippen LogP contribution is 2.30. The highest BCUT2D eigenvalue weighted by atomic mass is 32.2. The fourth-order valence-electron chi connectivity index (χ4n) is 1.62. The number of epoxide rings is 1. The van der Waals surface area contributed by atoms with Crippen LogP contribution in [0.3, 0.4) is 0 Å². The summed E-state index contributed by atoms with van der Waals surface area (Å²) < 4.78 is 30.6. The number of ether oxygens (including phenoxy) is 1. The lowest BCUT2D eigenvalue weighted by atomic mass is 10.3. The van der Waals surface area contributed by atoms with E-state index in [1.807, 2.05) is 0 Å². The van der Waals surface area contributed by atoms with Crippen LogP contribution in [0.1, 0.15) is 0 Å². The standard InChI is InChI=1S/C10H10N2O3S/c13-16(14)10-4-2-1-3-9(10)11-7-12(16)5-8-6-15-8/h1-4,7-8H,5-6H2. The Balaban J connectivity index is 2.03. The zero-order valence-electron chi connectivity index (χ0n) is 8.41. The topological polar surface area (TPSA) is 62.3 Å². The van der Waals surface area contributed by atoms with Crippen molar-refractivity contribution in [2.24, 2.45) is 4.99 Å². The second-order valence-electron chi connectivity index (χ2n) is 3.74.